The fourth-order valence-electron chi connectivity index (χ4n) is 2.87. The summed E-state index contributed by atoms with van der Waals surface area (Å²) in [4.78, 5) is 0. The molecule has 0 saturated carbocycles. The first-order chi connectivity index (χ1) is 8.84. The lowest BCUT2D eigenvalue weighted by Gasteiger charge is -2.16. The number of hydrogen-bond acceptors (Lipinski definition) is 3. The Morgan fingerprint density at radius 3 is 3.11 bits per heavy atom. The van der Waals surface area contributed by atoms with Crippen LogP contribution in [0, 0.1) is 0 Å². The molecule has 1 saturated heterocycles. The molecule has 2 atom stereocenters. The topological polar surface area (TPSA) is 38.7 Å². The number of benzene rings is 1. The molecule has 0 bridgehead atoms. The summed E-state index contributed by atoms with van der Waals surface area (Å²) in [7, 11) is 0. The molecule has 0 aromatic heterocycles. The molecule has 2 aliphatic heterocycles. The van der Waals surface area contributed by atoms with Crippen molar-refractivity contribution in [2.75, 3.05) is 13.2 Å². The van der Waals surface area contributed by atoms with Crippen molar-refractivity contribution in [3.8, 4) is 5.75 Å². The minimum absolute atomic E-state index is 0.345. The highest BCUT2D eigenvalue weighted by Crippen LogP contribution is 2.35. The van der Waals surface area contributed by atoms with Gasteiger partial charge in [-0.3, -0.25) is 0 Å². The van der Waals surface area contributed by atoms with Crippen LogP contribution in [0.4, 0.5) is 0 Å². The Morgan fingerprint density at radius 1 is 1.33 bits per heavy atom. The van der Waals surface area contributed by atoms with Crippen molar-refractivity contribution >= 4 is 0 Å². The number of aliphatic hydroxyl groups excluding tert-OH is 1. The van der Waals surface area contributed by atoms with Gasteiger partial charge in [0.2, 0.25) is 0 Å². The van der Waals surface area contributed by atoms with Crippen molar-refractivity contribution in [2.24, 2.45) is 0 Å². The standard InChI is InChI=1S/C15H20O3/c16-14(7-6-12-4-2-9-17-12)13-5-1-3-11-8-10-18-15(11)13/h1,3,5,12,14,16H,2,4,6-10H2. The molecular weight excluding hydrogens is 228 g/mol. The van der Waals surface area contributed by atoms with Gasteiger partial charge in [-0.15, -0.1) is 0 Å². The van der Waals surface area contributed by atoms with E-state index in [0.29, 0.717) is 6.10 Å². The van der Waals surface area contributed by atoms with E-state index in [9.17, 15) is 5.11 Å². The maximum atomic E-state index is 10.3. The molecule has 3 nitrogen and oxygen atoms in total. The van der Waals surface area contributed by atoms with Gasteiger partial charge >= 0.3 is 0 Å². The van der Waals surface area contributed by atoms with Crippen LogP contribution in [-0.4, -0.2) is 24.4 Å². The summed E-state index contributed by atoms with van der Waals surface area (Å²) in [6.07, 6.45) is 4.86. The summed E-state index contributed by atoms with van der Waals surface area (Å²) < 4.78 is 11.2. The average molecular weight is 248 g/mol. The molecule has 3 heteroatoms. The number of ether oxygens (including phenoxy) is 2. The van der Waals surface area contributed by atoms with E-state index in [4.69, 9.17) is 9.47 Å². The molecule has 18 heavy (non-hydrogen) atoms. The Kier molecular flexibility index (Phi) is 3.52. The van der Waals surface area contributed by atoms with Crippen molar-refractivity contribution < 1.29 is 14.6 Å². The van der Waals surface area contributed by atoms with Gasteiger partial charge in [-0.2, -0.15) is 0 Å². The molecule has 2 heterocycles. The van der Waals surface area contributed by atoms with Gasteiger partial charge in [-0.1, -0.05) is 18.2 Å². The molecule has 1 N–H and O–H groups in total. The van der Waals surface area contributed by atoms with Gasteiger partial charge in [0, 0.05) is 18.6 Å². The molecule has 98 valence electrons. The Hall–Kier alpha value is -1.06. The van der Waals surface area contributed by atoms with Crippen molar-refractivity contribution in [3.63, 3.8) is 0 Å². The van der Waals surface area contributed by atoms with Gasteiger partial charge in [0.05, 0.1) is 18.8 Å². The van der Waals surface area contributed by atoms with E-state index < -0.39 is 6.10 Å². The summed E-state index contributed by atoms with van der Waals surface area (Å²) in [5.74, 6) is 0.914. The predicted octanol–water partition coefficient (Wildman–Crippen LogP) is 2.61. The highest BCUT2D eigenvalue weighted by Gasteiger charge is 2.22. The third kappa shape index (κ3) is 2.38. The van der Waals surface area contributed by atoms with Gasteiger partial charge in [0.15, 0.2) is 0 Å². The Balaban J connectivity index is 1.65. The normalized spacial score (nSPS) is 23.7. The summed E-state index contributed by atoms with van der Waals surface area (Å²) >= 11 is 0. The SMILES string of the molecule is OC(CCC1CCCO1)c1cccc2c1OCC2. The molecular formula is C15H20O3. The fraction of sp³-hybridized carbons (Fsp3) is 0.600. The van der Waals surface area contributed by atoms with Gasteiger partial charge in [-0.05, 0) is 31.2 Å². The summed E-state index contributed by atoms with van der Waals surface area (Å²) in [6, 6.07) is 6.07. The van der Waals surface area contributed by atoms with Crippen LogP contribution in [-0.2, 0) is 11.2 Å². The van der Waals surface area contributed by atoms with E-state index in [1.54, 1.807) is 0 Å². The van der Waals surface area contributed by atoms with Gasteiger partial charge in [0.1, 0.15) is 5.75 Å². The van der Waals surface area contributed by atoms with Gasteiger partial charge in [0.25, 0.3) is 0 Å². The Labute approximate surface area is 108 Å². The zero-order chi connectivity index (χ0) is 12.4. The van der Waals surface area contributed by atoms with Crippen LogP contribution in [0.15, 0.2) is 18.2 Å². The van der Waals surface area contributed by atoms with Crippen LogP contribution >= 0.6 is 0 Å². The molecule has 0 aliphatic carbocycles. The largest absolute Gasteiger partial charge is 0.493 e. The van der Waals surface area contributed by atoms with Crippen LogP contribution in [0.3, 0.4) is 0 Å². The lowest BCUT2D eigenvalue weighted by atomic mass is 9.99. The second kappa shape index (κ2) is 5.29. The monoisotopic (exact) mass is 248 g/mol. The third-order valence-corrected chi connectivity index (χ3v) is 3.89. The second-order valence-electron chi connectivity index (χ2n) is 5.16. The highest BCUT2D eigenvalue weighted by molar-refractivity contribution is 5.45. The van der Waals surface area contributed by atoms with E-state index >= 15 is 0 Å². The van der Waals surface area contributed by atoms with Gasteiger partial charge < -0.3 is 14.6 Å². The van der Waals surface area contributed by atoms with Crippen molar-refractivity contribution in [3.05, 3.63) is 29.3 Å². The first-order valence-corrected chi connectivity index (χ1v) is 6.89. The second-order valence-corrected chi connectivity index (χ2v) is 5.16. The van der Waals surface area contributed by atoms with E-state index in [2.05, 4.69) is 6.07 Å². The molecule has 1 aromatic carbocycles. The lowest BCUT2D eigenvalue weighted by Crippen LogP contribution is -2.08. The molecule has 2 aliphatic rings. The first kappa shape index (κ1) is 12.0. The zero-order valence-corrected chi connectivity index (χ0v) is 10.6. The summed E-state index contributed by atoms with van der Waals surface area (Å²) in [6.45, 7) is 1.62. The number of fused-ring (bicyclic) bond motifs is 1. The van der Waals surface area contributed by atoms with Crippen molar-refractivity contribution in [2.45, 2.75) is 44.3 Å². The molecule has 0 radical (unpaired) electrons. The van der Waals surface area contributed by atoms with E-state index in [1.807, 2.05) is 12.1 Å². The van der Waals surface area contributed by atoms with Crippen molar-refractivity contribution in [1.29, 1.82) is 0 Å². The van der Waals surface area contributed by atoms with Crippen LogP contribution in [0.2, 0.25) is 0 Å². The molecule has 0 spiro atoms. The molecule has 3 rings (SSSR count). The highest BCUT2D eigenvalue weighted by atomic mass is 16.5. The van der Waals surface area contributed by atoms with E-state index in [1.165, 1.54) is 5.56 Å². The van der Waals surface area contributed by atoms with Crippen LogP contribution in [0.5, 0.6) is 5.75 Å². The first-order valence-electron chi connectivity index (χ1n) is 6.89. The minimum atomic E-state index is -0.428. The quantitative estimate of drug-likeness (QED) is 0.890. The smallest absolute Gasteiger partial charge is 0.128 e. The van der Waals surface area contributed by atoms with Crippen LogP contribution in [0.25, 0.3) is 0 Å². The Bertz CT molecular complexity index is 410. The minimum Gasteiger partial charge on any atom is -0.493 e. The zero-order valence-electron chi connectivity index (χ0n) is 10.6. The maximum Gasteiger partial charge on any atom is 0.128 e. The molecule has 2 unspecified atom stereocenters. The number of hydrogen-bond donors (Lipinski definition) is 1. The third-order valence-electron chi connectivity index (χ3n) is 3.89. The maximum absolute atomic E-state index is 10.3. The summed E-state index contributed by atoms with van der Waals surface area (Å²) in [5.41, 5.74) is 2.17. The summed E-state index contributed by atoms with van der Waals surface area (Å²) in [5, 5.41) is 10.3. The van der Waals surface area contributed by atoms with Crippen LogP contribution in [0.1, 0.15) is 42.9 Å². The lowest BCUT2D eigenvalue weighted by molar-refractivity contribution is 0.0805. The average Bonchev–Trinajstić information content (AvgIpc) is 3.05. The predicted molar refractivity (Wildman–Crippen MR) is 68.8 cm³/mol. The molecule has 0 amide bonds. The van der Waals surface area contributed by atoms with Gasteiger partial charge in [-0.25, -0.2) is 0 Å². The number of rotatable bonds is 4. The number of aliphatic hydroxyl groups is 1. The Morgan fingerprint density at radius 2 is 2.28 bits per heavy atom. The fourth-order valence-corrected chi connectivity index (χ4v) is 2.87. The van der Waals surface area contributed by atoms with E-state index in [-0.39, 0.29) is 0 Å². The molecule has 1 aromatic rings. The van der Waals surface area contributed by atoms with Crippen LogP contribution < -0.4 is 4.74 Å². The van der Waals surface area contributed by atoms with Crippen molar-refractivity contribution in [1.82, 2.24) is 0 Å². The molecule has 1 fully saturated rings. The van der Waals surface area contributed by atoms with E-state index in [0.717, 1.165) is 56.6 Å². The number of para-hydroxylation sites is 1.